The van der Waals surface area contributed by atoms with Crippen molar-refractivity contribution in [3.05, 3.63) is 29.8 Å². The molecule has 84 valence electrons. The van der Waals surface area contributed by atoms with E-state index in [0.29, 0.717) is 24.2 Å². The van der Waals surface area contributed by atoms with Crippen LogP contribution in [0.4, 0.5) is 0 Å². The number of carbonyl (C=O) groups is 2. The van der Waals surface area contributed by atoms with Crippen molar-refractivity contribution in [3.8, 4) is 5.75 Å². The maximum atomic E-state index is 11.4. The lowest BCUT2D eigenvalue weighted by Crippen LogP contribution is -2.30. The van der Waals surface area contributed by atoms with Gasteiger partial charge in [-0.25, -0.2) is 4.79 Å². The maximum Gasteiger partial charge on any atom is 0.350 e. The zero-order valence-corrected chi connectivity index (χ0v) is 8.93. The molecular formula is C12H12O4. The normalized spacial score (nSPS) is 16.3. The lowest BCUT2D eigenvalue weighted by Gasteiger charge is -2.15. The standard InChI is InChI=1S/C12H12O4/c1-15-11(14)12(6-7-12)16-10-4-2-9(8-13)3-5-10/h2-5,8H,6-7H2,1H3. The van der Waals surface area contributed by atoms with E-state index < -0.39 is 5.60 Å². The molecule has 0 spiro atoms. The van der Waals surface area contributed by atoms with E-state index in [1.54, 1.807) is 24.3 Å². The van der Waals surface area contributed by atoms with Crippen LogP contribution in [-0.2, 0) is 9.53 Å². The zero-order valence-electron chi connectivity index (χ0n) is 8.93. The van der Waals surface area contributed by atoms with Gasteiger partial charge in [0.25, 0.3) is 0 Å². The molecule has 0 aliphatic heterocycles. The third kappa shape index (κ3) is 1.91. The molecule has 0 amide bonds. The molecular weight excluding hydrogens is 208 g/mol. The van der Waals surface area contributed by atoms with Gasteiger partial charge in [0.2, 0.25) is 5.60 Å². The first kappa shape index (κ1) is 10.7. The quantitative estimate of drug-likeness (QED) is 0.571. The van der Waals surface area contributed by atoms with E-state index in [1.807, 2.05) is 0 Å². The van der Waals surface area contributed by atoms with E-state index in [4.69, 9.17) is 4.74 Å². The van der Waals surface area contributed by atoms with Crippen molar-refractivity contribution in [2.24, 2.45) is 0 Å². The molecule has 1 aromatic rings. The van der Waals surface area contributed by atoms with Crippen molar-refractivity contribution in [3.63, 3.8) is 0 Å². The Hall–Kier alpha value is -1.84. The summed E-state index contributed by atoms with van der Waals surface area (Å²) in [6.07, 6.45) is 2.11. The molecule has 1 aromatic carbocycles. The van der Waals surface area contributed by atoms with E-state index in [1.165, 1.54) is 7.11 Å². The van der Waals surface area contributed by atoms with Gasteiger partial charge < -0.3 is 9.47 Å². The Morgan fingerprint density at radius 2 is 1.94 bits per heavy atom. The van der Waals surface area contributed by atoms with E-state index in [2.05, 4.69) is 4.74 Å². The molecule has 0 N–H and O–H groups in total. The number of aldehydes is 1. The number of rotatable bonds is 4. The molecule has 0 bridgehead atoms. The molecule has 1 fully saturated rings. The van der Waals surface area contributed by atoms with Crippen LogP contribution in [0.15, 0.2) is 24.3 Å². The van der Waals surface area contributed by atoms with Crippen molar-refractivity contribution in [2.75, 3.05) is 7.11 Å². The van der Waals surface area contributed by atoms with Gasteiger partial charge in [0, 0.05) is 18.4 Å². The fraction of sp³-hybridized carbons (Fsp3) is 0.333. The van der Waals surface area contributed by atoms with Crippen molar-refractivity contribution in [1.29, 1.82) is 0 Å². The Bertz CT molecular complexity index is 404. The van der Waals surface area contributed by atoms with Gasteiger partial charge in [0.1, 0.15) is 12.0 Å². The van der Waals surface area contributed by atoms with E-state index >= 15 is 0 Å². The first-order valence-corrected chi connectivity index (χ1v) is 5.03. The Kier molecular flexibility index (Phi) is 2.64. The van der Waals surface area contributed by atoms with Gasteiger partial charge in [-0.15, -0.1) is 0 Å². The molecule has 4 nitrogen and oxygen atoms in total. The molecule has 16 heavy (non-hydrogen) atoms. The third-order valence-corrected chi connectivity index (χ3v) is 2.59. The second-order valence-electron chi connectivity index (χ2n) is 3.77. The highest BCUT2D eigenvalue weighted by atomic mass is 16.6. The van der Waals surface area contributed by atoms with Gasteiger partial charge in [-0.1, -0.05) is 0 Å². The van der Waals surface area contributed by atoms with E-state index in [-0.39, 0.29) is 5.97 Å². The van der Waals surface area contributed by atoms with Gasteiger partial charge in [0.15, 0.2) is 0 Å². The molecule has 1 saturated carbocycles. The summed E-state index contributed by atoms with van der Waals surface area (Å²) in [4.78, 5) is 21.9. The molecule has 1 aliphatic carbocycles. The first-order valence-electron chi connectivity index (χ1n) is 5.03. The highest BCUT2D eigenvalue weighted by molar-refractivity contribution is 5.83. The van der Waals surface area contributed by atoms with Gasteiger partial charge in [-0.05, 0) is 24.3 Å². The molecule has 0 atom stereocenters. The van der Waals surface area contributed by atoms with Crippen LogP contribution < -0.4 is 4.74 Å². The average Bonchev–Trinajstić information content (AvgIpc) is 3.10. The summed E-state index contributed by atoms with van der Waals surface area (Å²) >= 11 is 0. The van der Waals surface area contributed by atoms with Crippen LogP contribution in [0.3, 0.4) is 0 Å². The van der Waals surface area contributed by atoms with Crippen molar-refractivity contribution in [1.82, 2.24) is 0 Å². The molecule has 0 unspecified atom stereocenters. The highest BCUT2D eigenvalue weighted by Gasteiger charge is 2.54. The number of hydrogen-bond acceptors (Lipinski definition) is 4. The summed E-state index contributed by atoms with van der Waals surface area (Å²) in [6, 6.07) is 6.64. The van der Waals surface area contributed by atoms with Crippen molar-refractivity contribution < 1.29 is 19.1 Å². The molecule has 0 heterocycles. The minimum atomic E-state index is -0.794. The minimum Gasteiger partial charge on any atom is -0.476 e. The summed E-state index contributed by atoms with van der Waals surface area (Å²) in [5.74, 6) is 0.237. The van der Waals surface area contributed by atoms with Crippen molar-refractivity contribution in [2.45, 2.75) is 18.4 Å². The van der Waals surface area contributed by atoms with E-state index in [9.17, 15) is 9.59 Å². The smallest absolute Gasteiger partial charge is 0.350 e. The Labute approximate surface area is 93.2 Å². The summed E-state index contributed by atoms with van der Waals surface area (Å²) in [6.45, 7) is 0. The predicted molar refractivity (Wildman–Crippen MR) is 56.4 cm³/mol. The SMILES string of the molecule is COC(=O)C1(Oc2ccc(C=O)cc2)CC1. The largest absolute Gasteiger partial charge is 0.476 e. The number of hydrogen-bond donors (Lipinski definition) is 0. The molecule has 0 aromatic heterocycles. The molecule has 4 heteroatoms. The average molecular weight is 220 g/mol. The Balaban J connectivity index is 2.09. The topological polar surface area (TPSA) is 52.6 Å². The van der Waals surface area contributed by atoms with Gasteiger partial charge >= 0.3 is 5.97 Å². The number of esters is 1. The Morgan fingerprint density at radius 1 is 1.31 bits per heavy atom. The molecule has 0 radical (unpaired) electrons. The second kappa shape index (κ2) is 3.96. The first-order chi connectivity index (χ1) is 7.70. The zero-order chi connectivity index (χ0) is 11.6. The summed E-state index contributed by atoms with van der Waals surface area (Å²) in [5.41, 5.74) is -0.215. The number of benzene rings is 1. The number of carbonyl (C=O) groups excluding carboxylic acids is 2. The predicted octanol–water partition coefficient (Wildman–Crippen LogP) is 1.58. The fourth-order valence-corrected chi connectivity index (χ4v) is 1.49. The van der Waals surface area contributed by atoms with Crippen LogP contribution in [0, 0.1) is 0 Å². The molecule has 0 saturated heterocycles. The second-order valence-corrected chi connectivity index (χ2v) is 3.77. The van der Waals surface area contributed by atoms with Crippen LogP contribution in [0.25, 0.3) is 0 Å². The van der Waals surface area contributed by atoms with Gasteiger partial charge in [-0.2, -0.15) is 0 Å². The van der Waals surface area contributed by atoms with Crippen molar-refractivity contribution >= 4 is 12.3 Å². The Morgan fingerprint density at radius 3 is 2.38 bits per heavy atom. The highest BCUT2D eigenvalue weighted by Crippen LogP contribution is 2.41. The van der Waals surface area contributed by atoms with Crippen LogP contribution in [0.1, 0.15) is 23.2 Å². The lowest BCUT2D eigenvalue weighted by molar-refractivity contribution is -0.151. The third-order valence-electron chi connectivity index (χ3n) is 2.59. The summed E-state index contributed by atoms with van der Waals surface area (Å²) in [7, 11) is 1.35. The van der Waals surface area contributed by atoms with Crippen LogP contribution in [-0.4, -0.2) is 25.0 Å². The number of methoxy groups -OCH3 is 1. The van der Waals surface area contributed by atoms with E-state index in [0.717, 1.165) is 6.29 Å². The van der Waals surface area contributed by atoms with Crippen LogP contribution in [0.2, 0.25) is 0 Å². The molecule has 1 aliphatic rings. The lowest BCUT2D eigenvalue weighted by atomic mass is 10.2. The summed E-state index contributed by atoms with van der Waals surface area (Å²) in [5, 5.41) is 0. The maximum absolute atomic E-state index is 11.4. The minimum absolute atomic E-state index is 0.341. The summed E-state index contributed by atoms with van der Waals surface area (Å²) < 4.78 is 10.2. The number of ether oxygens (including phenoxy) is 2. The van der Waals surface area contributed by atoms with Gasteiger partial charge in [-0.3, -0.25) is 4.79 Å². The monoisotopic (exact) mass is 220 g/mol. The van der Waals surface area contributed by atoms with Crippen LogP contribution >= 0.6 is 0 Å². The van der Waals surface area contributed by atoms with Crippen LogP contribution in [0.5, 0.6) is 5.75 Å². The molecule has 2 rings (SSSR count). The van der Waals surface area contributed by atoms with Gasteiger partial charge in [0.05, 0.1) is 7.11 Å². The fourth-order valence-electron chi connectivity index (χ4n) is 1.49.